The number of ether oxygens (including phenoxy) is 2. The summed E-state index contributed by atoms with van der Waals surface area (Å²) in [6, 6.07) is 10.4. The molecule has 0 saturated carbocycles. The van der Waals surface area contributed by atoms with Crippen molar-refractivity contribution in [1.82, 2.24) is 0 Å². The van der Waals surface area contributed by atoms with Crippen molar-refractivity contribution in [3.8, 4) is 28.6 Å². The number of hydrogen-bond donors (Lipinski definition) is 6. The Morgan fingerprint density at radius 3 is 2.35 bits per heavy atom. The standard InChI is InChI=1S/C21H20O10/c22-8-13-15(25)17(27)18(28)21(30-13)31-20-16(26)14-11(24)6-10(23)7-12(14)29-19(20)9-4-2-1-3-5-9/h1-7,13,15,17-18,21-25,27-28H,8H2. The lowest BCUT2D eigenvalue weighted by Crippen LogP contribution is -2.60. The normalized spacial score (nSPS) is 26.1. The largest absolute Gasteiger partial charge is 0.508 e. The van der Waals surface area contributed by atoms with Crippen molar-refractivity contribution < 1.29 is 44.5 Å². The first-order chi connectivity index (χ1) is 14.8. The Kier molecular flexibility index (Phi) is 5.56. The van der Waals surface area contributed by atoms with E-state index in [1.54, 1.807) is 30.3 Å². The summed E-state index contributed by atoms with van der Waals surface area (Å²) in [5, 5.41) is 59.3. The van der Waals surface area contributed by atoms with E-state index in [2.05, 4.69) is 0 Å². The number of phenolic OH excluding ortho intramolecular Hbond substituents is 2. The highest BCUT2D eigenvalue weighted by molar-refractivity contribution is 5.88. The van der Waals surface area contributed by atoms with Crippen molar-refractivity contribution in [2.24, 2.45) is 0 Å². The molecule has 5 atom stereocenters. The molecule has 164 valence electrons. The molecule has 2 aromatic carbocycles. The number of phenols is 2. The fraction of sp³-hybridized carbons (Fsp3) is 0.286. The maximum Gasteiger partial charge on any atom is 0.239 e. The van der Waals surface area contributed by atoms with Crippen LogP contribution in [0.4, 0.5) is 0 Å². The Hall–Kier alpha value is -3.15. The van der Waals surface area contributed by atoms with E-state index in [1.807, 2.05) is 0 Å². The molecule has 10 nitrogen and oxygen atoms in total. The first-order valence-electron chi connectivity index (χ1n) is 9.37. The Labute approximate surface area is 174 Å². The van der Waals surface area contributed by atoms with Gasteiger partial charge in [-0.15, -0.1) is 0 Å². The lowest BCUT2D eigenvalue weighted by Gasteiger charge is -2.39. The maximum atomic E-state index is 13.2. The Morgan fingerprint density at radius 1 is 0.968 bits per heavy atom. The molecule has 31 heavy (non-hydrogen) atoms. The summed E-state index contributed by atoms with van der Waals surface area (Å²) in [5.74, 6) is -1.40. The topological polar surface area (TPSA) is 170 Å². The van der Waals surface area contributed by atoms with Crippen LogP contribution >= 0.6 is 0 Å². The third-order valence-electron chi connectivity index (χ3n) is 5.04. The molecule has 1 aliphatic heterocycles. The Bertz CT molecular complexity index is 1140. The van der Waals surface area contributed by atoms with Crippen LogP contribution in [0.15, 0.2) is 51.7 Å². The van der Waals surface area contributed by atoms with Crippen molar-refractivity contribution >= 4 is 11.0 Å². The van der Waals surface area contributed by atoms with Crippen molar-refractivity contribution in [2.75, 3.05) is 6.61 Å². The van der Waals surface area contributed by atoms with E-state index in [4.69, 9.17) is 13.9 Å². The minimum absolute atomic E-state index is 0.0833. The van der Waals surface area contributed by atoms with Gasteiger partial charge in [-0.2, -0.15) is 0 Å². The zero-order valence-corrected chi connectivity index (χ0v) is 16.0. The molecular weight excluding hydrogens is 412 g/mol. The zero-order valence-electron chi connectivity index (χ0n) is 16.0. The molecule has 0 radical (unpaired) electrons. The van der Waals surface area contributed by atoms with E-state index in [1.165, 1.54) is 0 Å². The van der Waals surface area contributed by atoms with Crippen LogP contribution < -0.4 is 10.2 Å². The first-order valence-corrected chi connectivity index (χ1v) is 9.37. The predicted octanol–water partition coefficient (Wildman–Crippen LogP) is 0.0499. The summed E-state index contributed by atoms with van der Waals surface area (Å²) in [7, 11) is 0. The number of benzene rings is 2. The monoisotopic (exact) mass is 432 g/mol. The molecule has 0 spiro atoms. The van der Waals surface area contributed by atoms with Crippen LogP contribution in [0, 0.1) is 0 Å². The zero-order chi connectivity index (χ0) is 22.3. The van der Waals surface area contributed by atoms with Crippen LogP contribution in [0.1, 0.15) is 0 Å². The van der Waals surface area contributed by atoms with Crippen molar-refractivity contribution in [1.29, 1.82) is 0 Å². The second-order valence-corrected chi connectivity index (χ2v) is 7.11. The smallest absolute Gasteiger partial charge is 0.239 e. The van der Waals surface area contributed by atoms with Gasteiger partial charge in [0.2, 0.25) is 17.5 Å². The minimum atomic E-state index is -1.76. The number of fused-ring (bicyclic) bond motifs is 1. The minimum Gasteiger partial charge on any atom is -0.508 e. The molecule has 1 saturated heterocycles. The molecule has 4 rings (SSSR count). The third kappa shape index (κ3) is 3.71. The van der Waals surface area contributed by atoms with Gasteiger partial charge in [-0.1, -0.05) is 30.3 Å². The molecule has 10 heteroatoms. The van der Waals surface area contributed by atoms with E-state index in [0.717, 1.165) is 12.1 Å². The second-order valence-electron chi connectivity index (χ2n) is 7.11. The van der Waals surface area contributed by atoms with E-state index in [0.29, 0.717) is 5.56 Å². The van der Waals surface area contributed by atoms with Gasteiger partial charge in [-0.05, 0) is 0 Å². The van der Waals surface area contributed by atoms with Crippen molar-refractivity contribution in [3.05, 3.63) is 52.7 Å². The molecule has 0 aliphatic carbocycles. The van der Waals surface area contributed by atoms with E-state index >= 15 is 0 Å². The molecule has 3 aromatic rings. The van der Waals surface area contributed by atoms with Gasteiger partial charge in [0.25, 0.3) is 0 Å². The van der Waals surface area contributed by atoms with Gasteiger partial charge in [0, 0.05) is 17.7 Å². The summed E-state index contributed by atoms with van der Waals surface area (Å²) in [5.41, 5.74) is -0.527. The summed E-state index contributed by atoms with van der Waals surface area (Å²) in [4.78, 5) is 13.2. The van der Waals surface area contributed by atoms with Crippen LogP contribution in [0.25, 0.3) is 22.3 Å². The average molecular weight is 432 g/mol. The average Bonchev–Trinajstić information content (AvgIpc) is 2.75. The third-order valence-corrected chi connectivity index (χ3v) is 5.04. The van der Waals surface area contributed by atoms with Crippen LogP contribution in [0.3, 0.4) is 0 Å². The molecule has 0 bridgehead atoms. The maximum absolute atomic E-state index is 13.2. The summed E-state index contributed by atoms with van der Waals surface area (Å²) in [6.45, 7) is -0.678. The van der Waals surface area contributed by atoms with E-state index < -0.39 is 54.2 Å². The van der Waals surface area contributed by atoms with Crippen molar-refractivity contribution in [3.63, 3.8) is 0 Å². The summed E-state index contributed by atoms with van der Waals surface area (Å²) >= 11 is 0. The van der Waals surface area contributed by atoms with Crippen molar-refractivity contribution in [2.45, 2.75) is 30.7 Å². The molecule has 2 heterocycles. The molecule has 1 aliphatic rings. The highest BCUT2D eigenvalue weighted by atomic mass is 16.7. The Balaban J connectivity index is 1.88. The van der Waals surface area contributed by atoms with Gasteiger partial charge in [0.05, 0.1) is 6.61 Å². The summed E-state index contributed by atoms with van der Waals surface area (Å²) < 4.78 is 16.7. The molecular formula is C21H20O10. The van der Waals surface area contributed by atoms with Gasteiger partial charge in [-0.3, -0.25) is 4.79 Å². The molecule has 5 unspecified atom stereocenters. The number of rotatable bonds is 4. The van der Waals surface area contributed by atoms with Crippen LogP contribution in [-0.2, 0) is 4.74 Å². The van der Waals surface area contributed by atoms with Gasteiger partial charge in [0.1, 0.15) is 46.9 Å². The summed E-state index contributed by atoms with van der Waals surface area (Å²) in [6.07, 6.45) is -7.97. The van der Waals surface area contributed by atoms with Crippen LogP contribution in [-0.4, -0.2) is 68.0 Å². The quantitative estimate of drug-likeness (QED) is 0.331. The van der Waals surface area contributed by atoms with Crippen LogP contribution in [0.2, 0.25) is 0 Å². The van der Waals surface area contributed by atoms with Gasteiger partial charge in [0.15, 0.2) is 5.76 Å². The van der Waals surface area contributed by atoms with Gasteiger partial charge >= 0.3 is 0 Å². The number of hydrogen-bond acceptors (Lipinski definition) is 10. The van der Waals surface area contributed by atoms with Gasteiger partial charge < -0.3 is 44.5 Å². The molecule has 1 fully saturated rings. The van der Waals surface area contributed by atoms with E-state index in [9.17, 15) is 35.4 Å². The van der Waals surface area contributed by atoms with Crippen LogP contribution in [0.5, 0.6) is 17.2 Å². The molecule has 1 aromatic heterocycles. The highest BCUT2D eigenvalue weighted by Gasteiger charge is 2.45. The lowest BCUT2D eigenvalue weighted by atomic mass is 9.99. The molecule has 6 N–H and O–H groups in total. The second kappa shape index (κ2) is 8.17. The fourth-order valence-corrected chi connectivity index (χ4v) is 3.44. The number of aromatic hydroxyl groups is 2. The molecule has 0 amide bonds. The number of aliphatic hydroxyl groups excluding tert-OH is 4. The first kappa shape index (κ1) is 21.1. The fourth-order valence-electron chi connectivity index (χ4n) is 3.44. The SMILES string of the molecule is O=c1c(OC2OC(CO)C(O)C(O)C2O)c(-c2ccccc2)oc2cc(O)cc(O)c12. The van der Waals surface area contributed by atoms with Gasteiger partial charge in [-0.25, -0.2) is 0 Å². The highest BCUT2D eigenvalue weighted by Crippen LogP contribution is 2.36. The van der Waals surface area contributed by atoms with E-state index in [-0.39, 0.29) is 22.5 Å². The number of aliphatic hydroxyl groups is 4. The predicted molar refractivity (Wildman–Crippen MR) is 106 cm³/mol. The lowest BCUT2D eigenvalue weighted by molar-refractivity contribution is -0.277. The Morgan fingerprint density at radius 2 is 1.68 bits per heavy atom.